The van der Waals surface area contributed by atoms with E-state index in [0.29, 0.717) is 0 Å². The van der Waals surface area contributed by atoms with Gasteiger partial charge in [-0.3, -0.25) is 0 Å². The number of aliphatic hydroxyl groups is 1. The lowest BCUT2D eigenvalue weighted by Gasteiger charge is -2.11. The lowest BCUT2D eigenvalue weighted by atomic mass is 10.00. The molecule has 0 saturated carbocycles. The minimum Gasteiger partial charge on any atom is -0.396 e. The van der Waals surface area contributed by atoms with E-state index in [-0.39, 0.29) is 25.1 Å². The van der Waals surface area contributed by atoms with E-state index in [1.165, 1.54) is 10.9 Å². The van der Waals surface area contributed by atoms with Gasteiger partial charge >= 0.3 is 0 Å². The van der Waals surface area contributed by atoms with Crippen molar-refractivity contribution in [1.82, 2.24) is 4.98 Å². The summed E-state index contributed by atoms with van der Waals surface area (Å²) in [6, 6.07) is 8.19. The van der Waals surface area contributed by atoms with Crippen LogP contribution in [0.4, 0.5) is 0 Å². The molecule has 0 aliphatic carbocycles. The van der Waals surface area contributed by atoms with E-state index in [0.717, 1.165) is 24.1 Å². The number of hydrogen-bond acceptors (Lipinski definition) is 2. The van der Waals surface area contributed by atoms with E-state index in [2.05, 4.69) is 17.1 Å². The highest BCUT2D eigenvalue weighted by molar-refractivity contribution is 5.85. The van der Waals surface area contributed by atoms with Crippen LogP contribution in [0.1, 0.15) is 30.1 Å². The van der Waals surface area contributed by atoms with Gasteiger partial charge in [0.25, 0.3) is 0 Å². The van der Waals surface area contributed by atoms with Crippen LogP contribution in [0.15, 0.2) is 24.3 Å². The maximum atomic E-state index is 8.83. The molecule has 0 spiro atoms. The average Bonchev–Trinajstić information content (AvgIpc) is 2.62. The molecule has 2 rings (SSSR count). The van der Waals surface area contributed by atoms with Gasteiger partial charge in [-0.2, -0.15) is 0 Å². The molecule has 4 N–H and O–H groups in total. The molecule has 0 unspecified atom stereocenters. The van der Waals surface area contributed by atoms with Crippen LogP contribution in [0.5, 0.6) is 0 Å². The molecule has 3 nitrogen and oxygen atoms in total. The van der Waals surface area contributed by atoms with Crippen LogP contribution in [0.3, 0.4) is 0 Å². The SMILES string of the molecule is Cc1[nH]c2ccccc2c1[C@@H](N)CCCO.Cl. The summed E-state index contributed by atoms with van der Waals surface area (Å²) in [7, 11) is 0. The minimum atomic E-state index is 0. The van der Waals surface area contributed by atoms with Crippen molar-refractivity contribution in [2.75, 3.05) is 6.61 Å². The fraction of sp³-hybridized carbons (Fsp3) is 0.385. The van der Waals surface area contributed by atoms with Gasteiger partial charge in [0.05, 0.1) is 0 Å². The first kappa shape index (κ1) is 14.0. The first-order chi connectivity index (χ1) is 7.74. The molecular formula is C13H19ClN2O. The number of aromatic amines is 1. The average molecular weight is 255 g/mol. The number of para-hydroxylation sites is 1. The summed E-state index contributed by atoms with van der Waals surface area (Å²) in [5, 5.41) is 10.0. The van der Waals surface area contributed by atoms with E-state index in [1.807, 2.05) is 19.1 Å². The Morgan fingerprint density at radius 2 is 2.06 bits per heavy atom. The van der Waals surface area contributed by atoms with Crippen molar-refractivity contribution < 1.29 is 5.11 Å². The summed E-state index contributed by atoms with van der Waals surface area (Å²) in [4.78, 5) is 3.34. The summed E-state index contributed by atoms with van der Waals surface area (Å²) in [6.45, 7) is 2.25. The Hall–Kier alpha value is -1.03. The van der Waals surface area contributed by atoms with Gasteiger partial charge in [-0.1, -0.05) is 18.2 Å². The summed E-state index contributed by atoms with van der Waals surface area (Å²) in [5.74, 6) is 0. The van der Waals surface area contributed by atoms with Gasteiger partial charge in [0.15, 0.2) is 0 Å². The van der Waals surface area contributed by atoms with E-state index >= 15 is 0 Å². The molecule has 1 heterocycles. The summed E-state index contributed by atoms with van der Waals surface area (Å²) < 4.78 is 0. The number of halogens is 1. The Balaban J connectivity index is 0.00000144. The van der Waals surface area contributed by atoms with Crippen molar-refractivity contribution in [2.45, 2.75) is 25.8 Å². The largest absolute Gasteiger partial charge is 0.396 e. The molecule has 0 aliphatic rings. The van der Waals surface area contributed by atoms with Crippen molar-refractivity contribution in [1.29, 1.82) is 0 Å². The van der Waals surface area contributed by atoms with Crippen LogP contribution in [0.2, 0.25) is 0 Å². The van der Waals surface area contributed by atoms with Crippen molar-refractivity contribution in [3.05, 3.63) is 35.5 Å². The van der Waals surface area contributed by atoms with E-state index in [4.69, 9.17) is 10.8 Å². The standard InChI is InChI=1S/C13H18N2O.ClH/c1-9-13(11(14)6-4-8-16)10-5-2-3-7-12(10)15-9;/h2-3,5,7,11,15-16H,4,6,8,14H2,1H3;1H/t11-;/m0./s1. The zero-order valence-electron chi connectivity index (χ0n) is 9.94. The van der Waals surface area contributed by atoms with E-state index < -0.39 is 0 Å². The second-order valence-electron chi connectivity index (χ2n) is 4.18. The van der Waals surface area contributed by atoms with Crippen LogP contribution in [0, 0.1) is 6.92 Å². The van der Waals surface area contributed by atoms with Crippen LogP contribution in [-0.4, -0.2) is 16.7 Å². The van der Waals surface area contributed by atoms with Crippen molar-refractivity contribution in [3.63, 3.8) is 0 Å². The zero-order chi connectivity index (χ0) is 11.5. The Bertz CT molecular complexity index is 481. The van der Waals surface area contributed by atoms with E-state index in [1.54, 1.807) is 0 Å². The Kier molecular flexibility index (Phi) is 5.00. The van der Waals surface area contributed by atoms with Crippen molar-refractivity contribution in [2.24, 2.45) is 5.73 Å². The van der Waals surface area contributed by atoms with Crippen LogP contribution in [-0.2, 0) is 0 Å². The second kappa shape index (κ2) is 6.05. The number of aromatic nitrogens is 1. The number of nitrogens with two attached hydrogens (primary N) is 1. The lowest BCUT2D eigenvalue weighted by Crippen LogP contribution is -2.11. The number of hydrogen-bond donors (Lipinski definition) is 3. The van der Waals surface area contributed by atoms with Gasteiger partial charge in [0, 0.05) is 29.2 Å². The number of H-pyrrole nitrogens is 1. The smallest absolute Gasteiger partial charge is 0.0459 e. The summed E-state index contributed by atoms with van der Waals surface area (Å²) in [5.41, 5.74) is 9.61. The molecule has 1 aromatic carbocycles. The highest BCUT2D eigenvalue weighted by Crippen LogP contribution is 2.28. The van der Waals surface area contributed by atoms with Crippen LogP contribution >= 0.6 is 12.4 Å². The van der Waals surface area contributed by atoms with Crippen molar-refractivity contribution in [3.8, 4) is 0 Å². The topological polar surface area (TPSA) is 62.0 Å². The Morgan fingerprint density at radius 3 is 2.76 bits per heavy atom. The lowest BCUT2D eigenvalue weighted by molar-refractivity contribution is 0.280. The monoisotopic (exact) mass is 254 g/mol. The molecule has 1 atom stereocenters. The molecule has 0 radical (unpaired) electrons. The highest BCUT2D eigenvalue weighted by Gasteiger charge is 2.14. The predicted octanol–water partition coefficient (Wildman–Crippen LogP) is 2.67. The molecule has 0 aliphatic heterocycles. The van der Waals surface area contributed by atoms with Gasteiger partial charge in [0.1, 0.15) is 0 Å². The van der Waals surface area contributed by atoms with Crippen molar-refractivity contribution >= 4 is 23.3 Å². The summed E-state index contributed by atoms with van der Waals surface area (Å²) in [6.07, 6.45) is 1.57. The van der Waals surface area contributed by atoms with Crippen LogP contribution in [0.25, 0.3) is 10.9 Å². The molecule has 4 heteroatoms. The number of rotatable bonds is 4. The third kappa shape index (κ3) is 2.80. The fourth-order valence-electron chi connectivity index (χ4n) is 2.23. The number of fused-ring (bicyclic) bond motifs is 1. The fourth-order valence-corrected chi connectivity index (χ4v) is 2.23. The number of aliphatic hydroxyl groups excluding tert-OH is 1. The molecule has 2 aromatic rings. The normalized spacial score (nSPS) is 12.4. The molecule has 94 valence electrons. The quantitative estimate of drug-likeness (QED) is 0.786. The molecule has 0 amide bonds. The van der Waals surface area contributed by atoms with E-state index in [9.17, 15) is 0 Å². The molecule has 0 fully saturated rings. The zero-order valence-corrected chi connectivity index (χ0v) is 10.8. The predicted molar refractivity (Wildman–Crippen MR) is 73.5 cm³/mol. The molecule has 0 saturated heterocycles. The van der Waals surface area contributed by atoms with Gasteiger partial charge < -0.3 is 15.8 Å². The van der Waals surface area contributed by atoms with Gasteiger partial charge in [-0.15, -0.1) is 12.4 Å². The number of aryl methyl sites for hydroxylation is 1. The third-order valence-corrected chi connectivity index (χ3v) is 2.99. The Morgan fingerprint density at radius 1 is 1.35 bits per heavy atom. The number of nitrogens with one attached hydrogen (secondary N) is 1. The third-order valence-electron chi connectivity index (χ3n) is 2.99. The maximum Gasteiger partial charge on any atom is 0.0459 e. The highest BCUT2D eigenvalue weighted by atomic mass is 35.5. The maximum absolute atomic E-state index is 8.83. The van der Waals surface area contributed by atoms with Gasteiger partial charge in [-0.05, 0) is 31.4 Å². The first-order valence-electron chi connectivity index (χ1n) is 5.67. The summed E-state index contributed by atoms with van der Waals surface area (Å²) >= 11 is 0. The first-order valence-corrected chi connectivity index (χ1v) is 5.67. The van der Waals surface area contributed by atoms with Gasteiger partial charge in [-0.25, -0.2) is 0 Å². The van der Waals surface area contributed by atoms with Crippen LogP contribution < -0.4 is 5.73 Å². The Labute approximate surface area is 107 Å². The molecular weight excluding hydrogens is 236 g/mol. The molecule has 0 bridgehead atoms. The molecule has 1 aromatic heterocycles. The number of benzene rings is 1. The van der Waals surface area contributed by atoms with Gasteiger partial charge in [0.2, 0.25) is 0 Å². The second-order valence-corrected chi connectivity index (χ2v) is 4.18. The molecule has 17 heavy (non-hydrogen) atoms. The minimum absolute atomic E-state index is 0.